The maximum Gasteiger partial charge on any atom is 0.303 e. The van der Waals surface area contributed by atoms with Crippen LogP contribution in [0.15, 0.2) is 24.3 Å². The lowest BCUT2D eigenvalue weighted by Gasteiger charge is -2.06. The molecule has 1 amide bonds. The zero-order chi connectivity index (χ0) is 19.9. The highest BCUT2D eigenvalue weighted by Gasteiger charge is 2.06. The molecule has 0 aliphatic heterocycles. The maximum atomic E-state index is 11.8. The summed E-state index contributed by atoms with van der Waals surface area (Å²) in [4.78, 5) is 26.6. The first-order valence-corrected chi connectivity index (χ1v) is 9.86. The van der Waals surface area contributed by atoms with Crippen molar-refractivity contribution < 1.29 is 19.8 Å². The van der Waals surface area contributed by atoms with E-state index in [9.17, 15) is 14.7 Å². The summed E-state index contributed by atoms with van der Waals surface area (Å²) < 4.78 is 0. The lowest BCUT2D eigenvalue weighted by Crippen LogP contribution is -2.13. The predicted molar refractivity (Wildman–Crippen MR) is 107 cm³/mol. The molecular weight excluding hydrogens is 344 g/mol. The number of pyridine rings is 1. The van der Waals surface area contributed by atoms with Gasteiger partial charge in [0.05, 0.1) is 11.8 Å². The van der Waals surface area contributed by atoms with E-state index in [-0.39, 0.29) is 18.7 Å². The molecule has 0 fully saturated rings. The van der Waals surface area contributed by atoms with Crippen LogP contribution in [-0.2, 0) is 9.59 Å². The number of aliphatic carboxylic acids is 1. The van der Waals surface area contributed by atoms with Gasteiger partial charge >= 0.3 is 5.97 Å². The Balaban J connectivity index is 2.36. The van der Waals surface area contributed by atoms with Crippen LogP contribution >= 0.6 is 0 Å². The number of aliphatic hydroxyl groups excluding tert-OH is 1. The van der Waals surface area contributed by atoms with E-state index in [0.29, 0.717) is 17.9 Å². The summed E-state index contributed by atoms with van der Waals surface area (Å²) >= 11 is 0. The minimum Gasteiger partial charge on any atom is -0.481 e. The Bertz CT molecular complexity index is 602. The van der Waals surface area contributed by atoms with E-state index in [0.717, 1.165) is 19.3 Å². The zero-order valence-corrected chi connectivity index (χ0v) is 16.2. The van der Waals surface area contributed by atoms with Crippen molar-refractivity contribution in [2.24, 2.45) is 0 Å². The van der Waals surface area contributed by atoms with E-state index >= 15 is 0 Å². The van der Waals surface area contributed by atoms with Crippen molar-refractivity contribution in [3.8, 4) is 0 Å². The maximum absolute atomic E-state index is 11.8. The van der Waals surface area contributed by atoms with Gasteiger partial charge in [0.15, 0.2) is 0 Å². The molecule has 3 N–H and O–H groups in total. The topological polar surface area (TPSA) is 99.5 Å². The van der Waals surface area contributed by atoms with E-state index < -0.39 is 12.1 Å². The largest absolute Gasteiger partial charge is 0.481 e. The van der Waals surface area contributed by atoms with Crippen molar-refractivity contribution in [3.05, 3.63) is 30.0 Å². The van der Waals surface area contributed by atoms with Gasteiger partial charge in [-0.15, -0.1) is 0 Å². The van der Waals surface area contributed by atoms with Gasteiger partial charge in [0, 0.05) is 12.8 Å². The molecular formula is C21H32N2O4. The number of hydrogen-bond acceptors (Lipinski definition) is 4. The van der Waals surface area contributed by atoms with Crippen molar-refractivity contribution in [1.29, 1.82) is 0 Å². The molecule has 1 atom stereocenters. The van der Waals surface area contributed by atoms with Crippen LogP contribution in [0.25, 0.3) is 6.08 Å². The average molecular weight is 376 g/mol. The highest BCUT2D eigenvalue weighted by Crippen LogP contribution is 2.11. The third kappa shape index (κ3) is 11.9. The van der Waals surface area contributed by atoms with Crippen molar-refractivity contribution in [3.63, 3.8) is 0 Å². The van der Waals surface area contributed by atoms with E-state index in [2.05, 4.69) is 17.2 Å². The van der Waals surface area contributed by atoms with E-state index in [4.69, 9.17) is 5.11 Å². The van der Waals surface area contributed by atoms with Crippen molar-refractivity contribution >= 4 is 23.8 Å². The number of rotatable bonds is 14. The molecule has 1 aromatic rings. The van der Waals surface area contributed by atoms with Gasteiger partial charge in [0.25, 0.3) is 0 Å². The molecule has 0 saturated heterocycles. The number of carboxylic acids is 1. The second-order valence-electron chi connectivity index (χ2n) is 6.73. The molecule has 0 aliphatic carbocycles. The minimum atomic E-state index is -0.910. The van der Waals surface area contributed by atoms with Crippen LogP contribution in [0.3, 0.4) is 0 Å². The van der Waals surface area contributed by atoms with Crippen molar-refractivity contribution in [2.75, 3.05) is 5.32 Å². The van der Waals surface area contributed by atoms with Crippen LogP contribution < -0.4 is 5.32 Å². The highest BCUT2D eigenvalue weighted by molar-refractivity contribution is 5.90. The fraction of sp³-hybridized carbons (Fsp3) is 0.571. The molecule has 0 spiro atoms. The fourth-order valence-electron chi connectivity index (χ4n) is 2.66. The molecule has 0 saturated carbocycles. The quantitative estimate of drug-likeness (QED) is 0.418. The number of hydrogen-bond donors (Lipinski definition) is 3. The molecule has 150 valence electrons. The Hall–Kier alpha value is -2.21. The number of carboxylic acid groups (broad SMARTS) is 1. The van der Waals surface area contributed by atoms with E-state index in [1.807, 2.05) is 0 Å². The van der Waals surface area contributed by atoms with Gasteiger partial charge in [-0.25, -0.2) is 4.98 Å². The number of unbranched alkanes of at least 4 members (excludes halogenated alkanes) is 5. The third-order valence-electron chi connectivity index (χ3n) is 4.18. The molecule has 1 unspecified atom stereocenters. The Morgan fingerprint density at radius 1 is 1.11 bits per heavy atom. The number of nitrogens with zero attached hydrogens (tertiary/aromatic N) is 1. The van der Waals surface area contributed by atoms with Gasteiger partial charge in [-0.05, 0) is 31.1 Å². The number of nitrogens with one attached hydrogen (secondary N) is 1. The molecule has 0 bridgehead atoms. The average Bonchev–Trinajstić information content (AvgIpc) is 2.63. The van der Waals surface area contributed by atoms with Crippen molar-refractivity contribution in [1.82, 2.24) is 4.98 Å². The summed E-state index contributed by atoms with van der Waals surface area (Å²) in [6.45, 7) is 2.20. The van der Waals surface area contributed by atoms with E-state index in [1.54, 1.807) is 30.4 Å². The minimum absolute atomic E-state index is 0.0277. The number of anilines is 1. The third-order valence-corrected chi connectivity index (χ3v) is 4.18. The lowest BCUT2D eigenvalue weighted by atomic mass is 10.1. The summed E-state index contributed by atoms with van der Waals surface area (Å²) in [6, 6.07) is 5.26. The Morgan fingerprint density at radius 2 is 1.85 bits per heavy atom. The Morgan fingerprint density at radius 3 is 2.59 bits per heavy atom. The van der Waals surface area contributed by atoms with Gasteiger partial charge in [0.1, 0.15) is 5.82 Å². The molecule has 6 nitrogen and oxygen atoms in total. The zero-order valence-electron chi connectivity index (χ0n) is 16.2. The number of carbonyl (C=O) groups excluding carboxylic acids is 1. The normalized spacial score (nSPS) is 12.2. The molecule has 1 aromatic heterocycles. The smallest absolute Gasteiger partial charge is 0.303 e. The Kier molecular flexibility index (Phi) is 11.8. The summed E-state index contributed by atoms with van der Waals surface area (Å²) in [5.74, 6) is -0.747. The first kappa shape index (κ1) is 22.8. The molecule has 0 radical (unpaired) electrons. The van der Waals surface area contributed by atoms with Gasteiger partial charge in [-0.2, -0.15) is 0 Å². The van der Waals surface area contributed by atoms with Crippen LogP contribution in [0, 0.1) is 0 Å². The van der Waals surface area contributed by atoms with Crippen LogP contribution in [0.5, 0.6) is 0 Å². The SMILES string of the molecule is CCCCCCCCC(O)/C=C/c1cccc(NC(=O)CCCC(=O)O)n1. The number of carbonyl (C=O) groups is 2. The number of amides is 1. The molecule has 1 rings (SSSR count). The predicted octanol–water partition coefficient (Wildman–Crippen LogP) is 4.40. The highest BCUT2D eigenvalue weighted by atomic mass is 16.4. The molecule has 6 heteroatoms. The molecule has 0 aliphatic rings. The van der Waals surface area contributed by atoms with Crippen LogP contribution in [0.2, 0.25) is 0 Å². The van der Waals surface area contributed by atoms with Gasteiger partial charge in [-0.3, -0.25) is 9.59 Å². The van der Waals surface area contributed by atoms with Crippen LogP contribution in [-0.4, -0.2) is 33.2 Å². The Labute approximate surface area is 161 Å². The summed E-state index contributed by atoms with van der Waals surface area (Å²) in [6.07, 6.45) is 11.3. The number of aliphatic hydroxyl groups is 1. The first-order chi connectivity index (χ1) is 13.0. The second kappa shape index (κ2) is 13.9. The summed E-state index contributed by atoms with van der Waals surface area (Å²) in [5, 5.41) is 21.3. The molecule has 27 heavy (non-hydrogen) atoms. The van der Waals surface area contributed by atoms with Gasteiger partial charge in [-0.1, -0.05) is 57.6 Å². The van der Waals surface area contributed by atoms with E-state index in [1.165, 1.54) is 25.7 Å². The second-order valence-corrected chi connectivity index (χ2v) is 6.73. The summed E-state index contributed by atoms with van der Waals surface area (Å²) in [7, 11) is 0. The van der Waals surface area contributed by atoms with Crippen LogP contribution in [0.4, 0.5) is 5.82 Å². The van der Waals surface area contributed by atoms with Gasteiger partial charge in [0.2, 0.25) is 5.91 Å². The lowest BCUT2D eigenvalue weighted by molar-refractivity contribution is -0.137. The first-order valence-electron chi connectivity index (χ1n) is 9.86. The fourth-order valence-corrected chi connectivity index (χ4v) is 2.66. The van der Waals surface area contributed by atoms with Crippen LogP contribution in [0.1, 0.15) is 76.8 Å². The number of aromatic nitrogens is 1. The monoisotopic (exact) mass is 376 g/mol. The summed E-state index contributed by atoms with van der Waals surface area (Å²) in [5.41, 5.74) is 0.653. The molecule has 0 aromatic carbocycles. The molecule has 1 heterocycles. The standard InChI is InChI=1S/C21H32N2O4/c1-2-3-4-5-6-7-11-18(24)16-15-17-10-8-12-19(22-17)23-20(25)13-9-14-21(26)27/h8,10,12,15-16,18,24H,2-7,9,11,13-14H2,1H3,(H,26,27)(H,22,23,25)/b16-15+. The van der Waals surface area contributed by atoms with Gasteiger partial charge < -0.3 is 15.5 Å². The van der Waals surface area contributed by atoms with Crippen molar-refractivity contribution in [2.45, 2.75) is 77.2 Å².